The molecule has 0 spiro atoms. The van der Waals surface area contributed by atoms with Gasteiger partial charge in [0.1, 0.15) is 0 Å². The smallest absolute Gasteiger partial charge is 0.371 e. The van der Waals surface area contributed by atoms with Crippen LogP contribution in [-0.2, 0) is 6.54 Å². The van der Waals surface area contributed by atoms with E-state index in [1.54, 1.807) is 11.3 Å². The van der Waals surface area contributed by atoms with Crippen molar-refractivity contribution < 1.29 is 19.1 Å². The van der Waals surface area contributed by atoms with Crippen LogP contribution < -0.4 is 5.32 Å². The molecule has 0 saturated carbocycles. The number of furan rings is 1. The Morgan fingerprint density at radius 1 is 1.32 bits per heavy atom. The van der Waals surface area contributed by atoms with Gasteiger partial charge in [-0.1, -0.05) is 0 Å². The van der Waals surface area contributed by atoms with Crippen LogP contribution >= 0.6 is 11.3 Å². The molecule has 0 fully saturated rings. The highest BCUT2D eigenvalue weighted by atomic mass is 32.1. The molecule has 100 valence electrons. The molecule has 0 saturated heterocycles. The van der Waals surface area contributed by atoms with E-state index in [1.807, 2.05) is 19.9 Å². The van der Waals surface area contributed by atoms with Crippen LogP contribution in [0.4, 0.5) is 0 Å². The standard InChI is InChI=1S/C13H13NO4S/c1-7-5-9(19-8(7)2)6-14-12(15)10-3-4-11(18-10)13(16)17/h3-5H,6H2,1-2H3,(H,14,15)(H,16,17). The number of aromatic carboxylic acids is 1. The lowest BCUT2D eigenvalue weighted by molar-refractivity contribution is 0.0659. The molecule has 1 amide bonds. The fourth-order valence-electron chi connectivity index (χ4n) is 1.57. The van der Waals surface area contributed by atoms with Crippen LogP contribution in [0.25, 0.3) is 0 Å². The van der Waals surface area contributed by atoms with Crippen molar-refractivity contribution in [1.82, 2.24) is 5.32 Å². The predicted molar refractivity (Wildman–Crippen MR) is 70.6 cm³/mol. The summed E-state index contributed by atoms with van der Waals surface area (Å²) in [6.07, 6.45) is 0. The number of carboxylic acids is 1. The number of amides is 1. The second-order valence-corrected chi connectivity index (χ2v) is 5.44. The Bertz CT molecular complexity index is 607. The summed E-state index contributed by atoms with van der Waals surface area (Å²) in [5.41, 5.74) is 1.19. The van der Waals surface area contributed by atoms with Gasteiger partial charge in [0.2, 0.25) is 5.76 Å². The third-order valence-electron chi connectivity index (χ3n) is 2.68. The summed E-state index contributed by atoms with van der Waals surface area (Å²) in [4.78, 5) is 24.7. The van der Waals surface area contributed by atoms with Crippen LogP contribution in [0, 0.1) is 13.8 Å². The number of carbonyl (C=O) groups is 2. The zero-order valence-corrected chi connectivity index (χ0v) is 11.3. The first kappa shape index (κ1) is 13.4. The second kappa shape index (κ2) is 5.27. The lowest BCUT2D eigenvalue weighted by Crippen LogP contribution is -2.21. The topological polar surface area (TPSA) is 79.5 Å². The molecule has 0 aliphatic carbocycles. The normalized spacial score (nSPS) is 10.4. The van der Waals surface area contributed by atoms with Gasteiger partial charge in [-0.2, -0.15) is 0 Å². The number of hydrogen-bond acceptors (Lipinski definition) is 4. The Morgan fingerprint density at radius 2 is 2.00 bits per heavy atom. The number of carbonyl (C=O) groups excluding carboxylic acids is 1. The summed E-state index contributed by atoms with van der Waals surface area (Å²) >= 11 is 1.62. The van der Waals surface area contributed by atoms with Crippen LogP contribution in [0.15, 0.2) is 22.6 Å². The highest BCUT2D eigenvalue weighted by Crippen LogP contribution is 2.20. The molecule has 19 heavy (non-hydrogen) atoms. The lowest BCUT2D eigenvalue weighted by Gasteiger charge is -2.00. The van der Waals surface area contributed by atoms with Crippen molar-refractivity contribution in [2.45, 2.75) is 20.4 Å². The Balaban J connectivity index is 1.99. The number of thiophene rings is 1. The van der Waals surface area contributed by atoms with E-state index in [0.717, 1.165) is 4.88 Å². The van der Waals surface area contributed by atoms with Gasteiger partial charge in [-0.25, -0.2) is 4.79 Å². The molecule has 2 aromatic heterocycles. The molecule has 6 heteroatoms. The molecule has 2 rings (SSSR count). The first-order valence-electron chi connectivity index (χ1n) is 5.64. The van der Waals surface area contributed by atoms with Gasteiger partial charge in [-0.3, -0.25) is 4.79 Å². The maximum Gasteiger partial charge on any atom is 0.371 e. The van der Waals surface area contributed by atoms with Crippen LogP contribution in [-0.4, -0.2) is 17.0 Å². The molecule has 2 N–H and O–H groups in total. The lowest BCUT2D eigenvalue weighted by atomic mass is 10.3. The molecule has 5 nitrogen and oxygen atoms in total. The maximum atomic E-state index is 11.8. The molecule has 0 atom stereocenters. The third-order valence-corrected chi connectivity index (χ3v) is 3.83. The van der Waals surface area contributed by atoms with E-state index in [-0.39, 0.29) is 11.5 Å². The Kier molecular flexibility index (Phi) is 3.71. The van der Waals surface area contributed by atoms with Crippen molar-refractivity contribution in [2.75, 3.05) is 0 Å². The number of rotatable bonds is 4. The Hall–Kier alpha value is -2.08. The summed E-state index contributed by atoms with van der Waals surface area (Å²) in [5, 5.41) is 11.4. The van der Waals surface area contributed by atoms with Crippen LogP contribution in [0.3, 0.4) is 0 Å². The SMILES string of the molecule is Cc1cc(CNC(=O)c2ccc(C(=O)O)o2)sc1C. The minimum Gasteiger partial charge on any atom is -0.475 e. The summed E-state index contributed by atoms with van der Waals surface area (Å²) in [6.45, 7) is 4.45. The van der Waals surface area contributed by atoms with Gasteiger partial charge in [0.25, 0.3) is 5.91 Å². The number of carboxylic acid groups (broad SMARTS) is 1. The minimum atomic E-state index is -1.19. The molecule has 0 bridgehead atoms. The van der Waals surface area contributed by atoms with E-state index in [1.165, 1.54) is 22.6 Å². The van der Waals surface area contributed by atoms with Gasteiger partial charge in [-0.05, 0) is 37.6 Å². The molecule has 2 heterocycles. The summed E-state index contributed by atoms with van der Waals surface area (Å²) in [7, 11) is 0. The van der Waals surface area contributed by atoms with Crippen molar-refractivity contribution in [3.63, 3.8) is 0 Å². The maximum absolute atomic E-state index is 11.8. The van der Waals surface area contributed by atoms with Gasteiger partial charge in [-0.15, -0.1) is 11.3 Å². The molecular formula is C13H13NO4S. The van der Waals surface area contributed by atoms with Crippen molar-refractivity contribution in [2.24, 2.45) is 0 Å². The van der Waals surface area contributed by atoms with Gasteiger partial charge in [0.15, 0.2) is 5.76 Å². The number of nitrogens with one attached hydrogen (secondary N) is 1. The molecule has 0 aliphatic heterocycles. The van der Waals surface area contributed by atoms with Crippen LogP contribution in [0.2, 0.25) is 0 Å². The zero-order valence-electron chi connectivity index (χ0n) is 10.5. The van der Waals surface area contributed by atoms with Crippen LogP contribution in [0.1, 0.15) is 36.4 Å². The molecule has 0 unspecified atom stereocenters. The van der Waals surface area contributed by atoms with E-state index in [0.29, 0.717) is 6.54 Å². The first-order chi connectivity index (χ1) is 8.97. The Labute approximate surface area is 113 Å². The van der Waals surface area contributed by atoms with Crippen molar-refractivity contribution in [1.29, 1.82) is 0 Å². The van der Waals surface area contributed by atoms with E-state index < -0.39 is 11.9 Å². The Morgan fingerprint density at radius 3 is 2.53 bits per heavy atom. The average molecular weight is 279 g/mol. The van der Waals surface area contributed by atoms with Crippen molar-refractivity contribution >= 4 is 23.2 Å². The summed E-state index contributed by atoms with van der Waals surface area (Å²) in [6, 6.07) is 4.63. The van der Waals surface area contributed by atoms with Gasteiger partial charge < -0.3 is 14.8 Å². The summed E-state index contributed by atoms with van der Waals surface area (Å²) in [5.74, 6) is -1.85. The number of hydrogen-bond donors (Lipinski definition) is 2. The van der Waals surface area contributed by atoms with E-state index in [2.05, 4.69) is 5.32 Å². The quantitative estimate of drug-likeness (QED) is 0.901. The summed E-state index contributed by atoms with van der Waals surface area (Å²) < 4.78 is 4.92. The highest BCUT2D eigenvalue weighted by molar-refractivity contribution is 7.12. The largest absolute Gasteiger partial charge is 0.475 e. The molecule has 0 aromatic carbocycles. The predicted octanol–water partition coefficient (Wildman–Crippen LogP) is 2.59. The highest BCUT2D eigenvalue weighted by Gasteiger charge is 2.14. The second-order valence-electron chi connectivity index (χ2n) is 4.10. The van der Waals surface area contributed by atoms with Crippen molar-refractivity contribution in [3.8, 4) is 0 Å². The minimum absolute atomic E-state index is 0.00222. The first-order valence-corrected chi connectivity index (χ1v) is 6.46. The van der Waals surface area contributed by atoms with Crippen molar-refractivity contribution in [3.05, 3.63) is 45.0 Å². The van der Waals surface area contributed by atoms with Gasteiger partial charge >= 0.3 is 5.97 Å². The fourth-order valence-corrected chi connectivity index (χ4v) is 2.56. The van der Waals surface area contributed by atoms with E-state index in [9.17, 15) is 9.59 Å². The molecule has 2 aromatic rings. The zero-order chi connectivity index (χ0) is 14.0. The molecule has 0 radical (unpaired) electrons. The molecular weight excluding hydrogens is 266 g/mol. The number of aryl methyl sites for hydroxylation is 2. The van der Waals surface area contributed by atoms with E-state index >= 15 is 0 Å². The monoisotopic (exact) mass is 279 g/mol. The third kappa shape index (κ3) is 3.03. The average Bonchev–Trinajstić information content (AvgIpc) is 2.95. The van der Waals surface area contributed by atoms with Crippen LogP contribution in [0.5, 0.6) is 0 Å². The fraction of sp³-hybridized carbons (Fsp3) is 0.231. The van der Waals surface area contributed by atoms with Gasteiger partial charge in [0, 0.05) is 9.75 Å². The van der Waals surface area contributed by atoms with E-state index in [4.69, 9.17) is 9.52 Å². The molecule has 0 aliphatic rings. The van der Waals surface area contributed by atoms with Gasteiger partial charge in [0.05, 0.1) is 6.54 Å².